The molecule has 0 spiro atoms. The van der Waals surface area contributed by atoms with Gasteiger partial charge in [0.25, 0.3) is 0 Å². The molecule has 0 saturated heterocycles. The van der Waals surface area contributed by atoms with E-state index < -0.39 is 5.91 Å². The number of hydrogen-bond acceptors (Lipinski definition) is 3. The van der Waals surface area contributed by atoms with E-state index in [0.717, 1.165) is 11.1 Å². The number of methoxy groups -OCH3 is 1. The lowest BCUT2D eigenvalue weighted by atomic mass is 9.99. The van der Waals surface area contributed by atoms with Crippen molar-refractivity contribution >= 4 is 23.3 Å². The number of rotatable bonds is 5. The van der Waals surface area contributed by atoms with Crippen molar-refractivity contribution in [3.63, 3.8) is 0 Å². The zero-order valence-electron chi connectivity index (χ0n) is 12.4. The van der Waals surface area contributed by atoms with Crippen LogP contribution < -0.4 is 10.5 Å². The second kappa shape index (κ2) is 6.62. The highest BCUT2D eigenvalue weighted by Crippen LogP contribution is 2.23. The molecule has 0 heterocycles. The Labute approximate surface area is 133 Å². The first kappa shape index (κ1) is 16.0. The summed E-state index contributed by atoms with van der Waals surface area (Å²) in [6.45, 7) is 1.90. The molecule has 2 aromatic rings. The summed E-state index contributed by atoms with van der Waals surface area (Å²) in [5, 5.41) is 0.614. The third-order valence-corrected chi connectivity index (χ3v) is 3.79. The number of aryl methyl sites for hydroxylation is 1. The minimum absolute atomic E-state index is 0.165. The van der Waals surface area contributed by atoms with Crippen molar-refractivity contribution < 1.29 is 14.3 Å². The molecule has 0 aromatic heterocycles. The number of primary amides is 1. The highest BCUT2D eigenvalue weighted by atomic mass is 35.5. The normalized spacial score (nSPS) is 10.3. The maximum atomic E-state index is 12.5. The number of Topliss-reactive ketones (excluding diaryl/α,β-unsaturated/α-hetero) is 1. The largest absolute Gasteiger partial charge is 0.496 e. The van der Waals surface area contributed by atoms with E-state index in [9.17, 15) is 9.59 Å². The van der Waals surface area contributed by atoms with Gasteiger partial charge in [-0.1, -0.05) is 23.7 Å². The molecule has 0 radical (unpaired) electrons. The van der Waals surface area contributed by atoms with Gasteiger partial charge in [-0.3, -0.25) is 9.59 Å². The van der Waals surface area contributed by atoms with Crippen LogP contribution in [0.2, 0.25) is 5.02 Å². The van der Waals surface area contributed by atoms with E-state index in [2.05, 4.69) is 0 Å². The fourth-order valence-corrected chi connectivity index (χ4v) is 2.31. The Kier molecular flexibility index (Phi) is 4.83. The van der Waals surface area contributed by atoms with Crippen LogP contribution in [0.4, 0.5) is 0 Å². The van der Waals surface area contributed by atoms with Gasteiger partial charge in [0.15, 0.2) is 5.78 Å². The van der Waals surface area contributed by atoms with Gasteiger partial charge in [0.1, 0.15) is 5.75 Å². The van der Waals surface area contributed by atoms with Gasteiger partial charge in [-0.05, 0) is 42.3 Å². The maximum absolute atomic E-state index is 12.5. The average molecular weight is 318 g/mol. The first-order chi connectivity index (χ1) is 10.4. The van der Waals surface area contributed by atoms with E-state index in [1.807, 2.05) is 19.1 Å². The highest BCUT2D eigenvalue weighted by Gasteiger charge is 2.15. The molecule has 0 aliphatic heterocycles. The molecular formula is C17H16ClNO3. The van der Waals surface area contributed by atoms with Crippen LogP contribution in [0, 0.1) is 6.92 Å². The second-order valence-electron chi connectivity index (χ2n) is 4.96. The zero-order valence-corrected chi connectivity index (χ0v) is 13.1. The molecule has 0 aliphatic carbocycles. The topological polar surface area (TPSA) is 69.4 Å². The molecule has 5 heteroatoms. The van der Waals surface area contributed by atoms with E-state index in [1.165, 1.54) is 19.2 Å². The Morgan fingerprint density at radius 3 is 2.50 bits per heavy atom. The molecular weight excluding hydrogens is 302 g/mol. The lowest BCUT2D eigenvalue weighted by Crippen LogP contribution is -2.13. The van der Waals surface area contributed by atoms with Crippen molar-refractivity contribution in [3.8, 4) is 5.75 Å². The van der Waals surface area contributed by atoms with Crippen LogP contribution in [0.15, 0.2) is 36.4 Å². The van der Waals surface area contributed by atoms with Gasteiger partial charge in [-0.15, -0.1) is 0 Å². The Morgan fingerprint density at radius 1 is 1.18 bits per heavy atom. The number of ketones is 1. The van der Waals surface area contributed by atoms with E-state index in [1.54, 1.807) is 12.1 Å². The van der Waals surface area contributed by atoms with Gasteiger partial charge in [-0.2, -0.15) is 0 Å². The molecule has 0 saturated carbocycles. The fourth-order valence-electron chi connectivity index (χ4n) is 2.11. The van der Waals surface area contributed by atoms with E-state index in [-0.39, 0.29) is 17.8 Å². The van der Waals surface area contributed by atoms with Crippen LogP contribution in [0.25, 0.3) is 0 Å². The van der Waals surface area contributed by atoms with Crippen LogP contribution in [0.5, 0.6) is 5.75 Å². The van der Waals surface area contributed by atoms with Crippen molar-refractivity contribution in [1.29, 1.82) is 0 Å². The van der Waals surface area contributed by atoms with Gasteiger partial charge in [0, 0.05) is 17.0 Å². The molecule has 2 N–H and O–H groups in total. The van der Waals surface area contributed by atoms with Crippen LogP contribution in [-0.4, -0.2) is 18.8 Å². The van der Waals surface area contributed by atoms with Crippen molar-refractivity contribution in [1.82, 2.24) is 0 Å². The Balaban J connectivity index is 2.33. The quantitative estimate of drug-likeness (QED) is 0.861. The molecule has 2 aromatic carbocycles. The van der Waals surface area contributed by atoms with Crippen LogP contribution in [0.1, 0.15) is 31.8 Å². The predicted molar refractivity (Wildman–Crippen MR) is 85.7 cm³/mol. The molecule has 0 bridgehead atoms. The standard InChI is InChI=1S/C17H16ClNO3/c1-10-3-4-11(7-14(10)18)8-15(20)13-9-12(17(19)21)5-6-16(13)22-2/h3-7,9H,8H2,1-2H3,(H2,19,21). The number of halogens is 1. The lowest BCUT2D eigenvalue weighted by molar-refractivity contribution is 0.0990. The average Bonchev–Trinajstić information content (AvgIpc) is 2.50. The highest BCUT2D eigenvalue weighted by molar-refractivity contribution is 6.31. The molecule has 0 unspecified atom stereocenters. The monoisotopic (exact) mass is 317 g/mol. The summed E-state index contributed by atoms with van der Waals surface area (Å²) in [6.07, 6.45) is 0.165. The van der Waals surface area contributed by atoms with E-state index in [0.29, 0.717) is 16.3 Å². The summed E-state index contributed by atoms with van der Waals surface area (Å²) >= 11 is 6.07. The summed E-state index contributed by atoms with van der Waals surface area (Å²) in [6, 6.07) is 10.0. The van der Waals surface area contributed by atoms with Crippen molar-refractivity contribution in [2.75, 3.05) is 7.11 Å². The first-order valence-electron chi connectivity index (χ1n) is 6.68. The fraction of sp³-hybridized carbons (Fsp3) is 0.176. The van der Waals surface area contributed by atoms with Crippen LogP contribution >= 0.6 is 11.6 Å². The van der Waals surface area contributed by atoms with Crippen molar-refractivity contribution in [2.24, 2.45) is 5.73 Å². The number of carbonyl (C=O) groups is 2. The van der Waals surface area contributed by atoms with Gasteiger partial charge in [0.05, 0.1) is 12.7 Å². The first-order valence-corrected chi connectivity index (χ1v) is 7.06. The molecule has 0 fully saturated rings. The number of benzene rings is 2. The third kappa shape index (κ3) is 3.46. The summed E-state index contributed by atoms with van der Waals surface area (Å²) in [5.74, 6) is -0.344. The number of amides is 1. The third-order valence-electron chi connectivity index (χ3n) is 3.39. The zero-order chi connectivity index (χ0) is 16.3. The number of ether oxygens (including phenoxy) is 1. The van der Waals surface area contributed by atoms with Gasteiger partial charge in [0.2, 0.25) is 5.91 Å². The SMILES string of the molecule is COc1ccc(C(N)=O)cc1C(=O)Cc1ccc(C)c(Cl)c1. The summed E-state index contributed by atoms with van der Waals surface area (Å²) in [7, 11) is 1.47. The number of carbonyl (C=O) groups excluding carboxylic acids is 2. The lowest BCUT2D eigenvalue weighted by Gasteiger charge is -2.09. The minimum Gasteiger partial charge on any atom is -0.496 e. The van der Waals surface area contributed by atoms with Crippen LogP contribution in [0.3, 0.4) is 0 Å². The maximum Gasteiger partial charge on any atom is 0.248 e. The summed E-state index contributed by atoms with van der Waals surface area (Å²) in [4.78, 5) is 23.8. The van der Waals surface area contributed by atoms with Gasteiger partial charge in [-0.25, -0.2) is 0 Å². The summed E-state index contributed by atoms with van der Waals surface area (Å²) < 4.78 is 5.18. The minimum atomic E-state index is -0.588. The van der Waals surface area contributed by atoms with E-state index in [4.69, 9.17) is 22.1 Å². The Morgan fingerprint density at radius 2 is 1.91 bits per heavy atom. The van der Waals surface area contributed by atoms with Crippen molar-refractivity contribution in [2.45, 2.75) is 13.3 Å². The Hall–Kier alpha value is -2.33. The molecule has 1 amide bonds. The number of hydrogen-bond donors (Lipinski definition) is 1. The molecule has 0 atom stereocenters. The van der Waals surface area contributed by atoms with Crippen LogP contribution in [-0.2, 0) is 6.42 Å². The molecule has 114 valence electrons. The Bertz CT molecular complexity index is 741. The number of nitrogens with two attached hydrogens (primary N) is 1. The van der Waals surface area contributed by atoms with Gasteiger partial charge >= 0.3 is 0 Å². The summed E-state index contributed by atoms with van der Waals surface area (Å²) in [5.41, 5.74) is 7.60. The molecule has 4 nitrogen and oxygen atoms in total. The molecule has 22 heavy (non-hydrogen) atoms. The molecule has 0 aliphatic rings. The van der Waals surface area contributed by atoms with Crippen molar-refractivity contribution in [3.05, 3.63) is 63.7 Å². The van der Waals surface area contributed by atoms with E-state index >= 15 is 0 Å². The second-order valence-corrected chi connectivity index (χ2v) is 5.37. The van der Waals surface area contributed by atoms with Gasteiger partial charge < -0.3 is 10.5 Å². The smallest absolute Gasteiger partial charge is 0.248 e. The predicted octanol–water partition coefficient (Wildman–Crippen LogP) is 3.18. The molecule has 2 rings (SSSR count).